The molecule has 188 valence electrons. The van der Waals surface area contributed by atoms with Crippen LogP contribution in [0, 0.1) is 5.82 Å². The summed E-state index contributed by atoms with van der Waals surface area (Å²) in [7, 11) is 0. The minimum Gasteiger partial charge on any atom is -0.484 e. The second kappa shape index (κ2) is 13.1. The van der Waals surface area contributed by atoms with E-state index >= 15 is 0 Å². The van der Waals surface area contributed by atoms with Crippen molar-refractivity contribution in [1.82, 2.24) is 15.6 Å². The van der Waals surface area contributed by atoms with Crippen LogP contribution in [0.1, 0.15) is 29.8 Å². The van der Waals surface area contributed by atoms with Crippen LogP contribution < -0.4 is 26.4 Å². The first kappa shape index (κ1) is 26.5. The summed E-state index contributed by atoms with van der Waals surface area (Å²) in [6.45, 7) is 3.68. The average Bonchev–Trinajstić information content (AvgIpc) is 2.84. The van der Waals surface area contributed by atoms with Crippen LogP contribution in [0.25, 0.3) is 0 Å². The number of carbonyl (C=O) groups excluding carboxylic acids is 2. The molecule has 10 heteroatoms. The Balaban J connectivity index is 1.42. The summed E-state index contributed by atoms with van der Waals surface area (Å²) in [6, 6.07) is 7.31. The molecule has 0 atom stereocenters. The van der Waals surface area contributed by atoms with E-state index in [0.717, 1.165) is 29.6 Å². The van der Waals surface area contributed by atoms with E-state index < -0.39 is 11.7 Å². The van der Waals surface area contributed by atoms with Crippen molar-refractivity contribution in [1.29, 1.82) is 0 Å². The van der Waals surface area contributed by atoms with Gasteiger partial charge in [0.05, 0.1) is 5.02 Å². The van der Waals surface area contributed by atoms with Crippen molar-refractivity contribution >= 4 is 29.1 Å². The van der Waals surface area contributed by atoms with Gasteiger partial charge in [0.25, 0.3) is 11.8 Å². The number of allylic oxidation sites excluding steroid dienone is 4. The normalized spacial score (nSPS) is 16.7. The highest BCUT2D eigenvalue weighted by Gasteiger charge is 2.10. The van der Waals surface area contributed by atoms with Crippen LogP contribution in [0.3, 0.4) is 0 Å². The molecule has 1 aromatic carbocycles. The lowest BCUT2D eigenvalue weighted by Crippen LogP contribution is -2.31. The van der Waals surface area contributed by atoms with Gasteiger partial charge in [0, 0.05) is 60.8 Å². The zero-order valence-electron chi connectivity index (χ0n) is 19.5. The largest absolute Gasteiger partial charge is 0.484 e. The van der Waals surface area contributed by atoms with Crippen molar-refractivity contribution in [2.75, 3.05) is 18.5 Å². The van der Waals surface area contributed by atoms with Crippen molar-refractivity contribution in [2.45, 2.75) is 19.3 Å². The Kier molecular flexibility index (Phi) is 9.64. The molecule has 0 bridgehead atoms. The third-order valence-electron chi connectivity index (χ3n) is 4.94. The fraction of sp³-hybridized carbons (Fsp3) is 0.192. The van der Waals surface area contributed by atoms with Gasteiger partial charge in [0.15, 0.2) is 6.61 Å². The number of carbonyl (C=O) groups is 2. The maximum absolute atomic E-state index is 13.4. The molecule has 2 aromatic rings. The number of hydrogen-bond acceptors (Lipinski definition) is 6. The number of ether oxygens (including phenoxy) is 1. The Labute approximate surface area is 213 Å². The molecule has 1 aromatic heterocycles. The van der Waals surface area contributed by atoms with Crippen molar-refractivity contribution in [2.24, 2.45) is 5.73 Å². The number of pyridine rings is 1. The monoisotopic (exact) mass is 511 g/mol. The molecule has 0 unspecified atom stereocenters. The maximum atomic E-state index is 13.4. The molecule has 1 heterocycles. The molecule has 0 fully saturated rings. The Hall–Kier alpha value is -4.11. The van der Waals surface area contributed by atoms with Crippen molar-refractivity contribution in [3.63, 3.8) is 0 Å². The summed E-state index contributed by atoms with van der Waals surface area (Å²) in [5.41, 5.74) is 8.95. The van der Waals surface area contributed by atoms with Crippen molar-refractivity contribution in [3.05, 3.63) is 101 Å². The van der Waals surface area contributed by atoms with Crippen LogP contribution in [0.2, 0.25) is 5.02 Å². The smallest absolute Gasteiger partial charge is 0.269 e. The molecular weight excluding hydrogens is 485 g/mol. The van der Waals surface area contributed by atoms with Gasteiger partial charge >= 0.3 is 0 Å². The Bertz CT molecular complexity index is 1230. The van der Waals surface area contributed by atoms with Crippen molar-refractivity contribution < 1.29 is 18.7 Å². The van der Waals surface area contributed by atoms with Gasteiger partial charge in [-0.1, -0.05) is 30.3 Å². The molecule has 36 heavy (non-hydrogen) atoms. The van der Waals surface area contributed by atoms with Crippen molar-refractivity contribution in [3.8, 4) is 5.75 Å². The second-order valence-corrected chi connectivity index (χ2v) is 8.30. The lowest BCUT2D eigenvalue weighted by molar-refractivity contribution is -0.122. The molecule has 3 rings (SSSR count). The van der Waals surface area contributed by atoms with E-state index in [1.54, 1.807) is 18.3 Å². The summed E-state index contributed by atoms with van der Waals surface area (Å²) >= 11 is 5.62. The molecule has 8 nitrogen and oxygen atoms in total. The number of rotatable bonds is 10. The predicted octanol–water partition coefficient (Wildman–Crippen LogP) is 4.19. The molecule has 0 saturated heterocycles. The molecule has 1 aliphatic rings. The summed E-state index contributed by atoms with van der Waals surface area (Å²) < 4.78 is 18.7. The first-order valence-corrected chi connectivity index (χ1v) is 11.5. The topological polar surface area (TPSA) is 118 Å². The minimum absolute atomic E-state index is 0.0340. The minimum atomic E-state index is -0.637. The van der Waals surface area contributed by atoms with Gasteiger partial charge in [0.2, 0.25) is 0 Å². The lowest BCUT2D eigenvalue weighted by Gasteiger charge is -2.12. The molecule has 0 aliphatic heterocycles. The number of nitrogens with one attached hydrogen (secondary N) is 3. The molecule has 2 amide bonds. The number of halogens is 2. The van der Waals surface area contributed by atoms with E-state index in [2.05, 4.69) is 27.5 Å². The third-order valence-corrected chi connectivity index (χ3v) is 5.25. The van der Waals surface area contributed by atoms with Gasteiger partial charge in [-0.15, -0.1) is 0 Å². The van der Waals surface area contributed by atoms with Crippen LogP contribution in [0.15, 0.2) is 84.5 Å². The lowest BCUT2D eigenvalue weighted by atomic mass is 10.1. The molecule has 0 saturated carbocycles. The fourth-order valence-corrected chi connectivity index (χ4v) is 3.23. The Morgan fingerprint density at radius 3 is 2.78 bits per heavy atom. The molecular formula is C26H27ClFN5O3. The molecule has 0 radical (unpaired) electrons. The quantitative estimate of drug-likeness (QED) is 0.355. The van der Waals surface area contributed by atoms with Crippen LogP contribution in [0.5, 0.6) is 5.75 Å². The number of nitrogens with two attached hydrogens (primary N) is 1. The highest BCUT2D eigenvalue weighted by molar-refractivity contribution is 6.30. The number of hydrogen-bond donors (Lipinski definition) is 4. The van der Waals surface area contributed by atoms with Gasteiger partial charge in [0.1, 0.15) is 17.3 Å². The van der Waals surface area contributed by atoms with Gasteiger partial charge in [-0.3, -0.25) is 14.6 Å². The highest BCUT2D eigenvalue weighted by Crippen LogP contribution is 2.20. The van der Waals surface area contributed by atoms with E-state index in [1.165, 1.54) is 12.1 Å². The number of aromatic nitrogens is 1. The highest BCUT2D eigenvalue weighted by atomic mass is 35.5. The van der Waals surface area contributed by atoms with E-state index in [1.807, 2.05) is 24.3 Å². The first-order valence-electron chi connectivity index (χ1n) is 11.2. The Morgan fingerprint density at radius 2 is 1.97 bits per heavy atom. The third kappa shape index (κ3) is 8.59. The van der Waals surface area contributed by atoms with E-state index in [9.17, 15) is 14.0 Å². The number of anilines is 1. The zero-order valence-corrected chi connectivity index (χ0v) is 20.3. The number of benzene rings is 1. The van der Waals surface area contributed by atoms with Crippen LogP contribution >= 0.6 is 11.6 Å². The summed E-state index contributed by atoms with van der Waals surface area (Å²) in [5.74, 6) is -1.28. The van der Waals surface area contributed by atoms with Crippen LogP contribution in [0.4, 0.5) is 10.1 Å². The fourth-order valence-electron chi connectivity index (χ4n) is 3.11. The summed E-state index contributed by atoms with van der Waals surface area (Å²) in [5, 5.41) is 8.57. The second-order valence-electron chi connectivity index (χ2n) is 7.89. The van der Waals surface area contributed by atoms with Gasteiger partial charge in [-0.2, -0.15) is 0 Å². The standard InChI is InChI=1S/C26H27ClFN5O3/c1-17(32-25(34)16-36-21-8-9-22(27)23(28)15-21)10-12-31-26(35)24-14-20(11-13-30-24)33-19-5-3-2-4-18(29)6-7-19/h2-3,6-9,11,13-15H,1,4-5,10,12,16,29H2,(H,30,33)(H,31,35)(H,32,34)/b3-2-,18-6-,19-7+. The first-order chi connectivity index (χ1) is 17.3. The Morgan fingerprint density at radius 1 is 1.17 bits per heavy atom. The SMILES string of the molecule is C=C(CCNC(=O)c1cc(N/C2=C/C=C(\N)C/C=C\C2)ccn1)NC(=O)COc1ccc(Cl)c(F)c1. The molecule has 5 N–H and O–H groups in total. The number of amides is 2. The van der Waals surface area contributed by atoms with Crippen LogP contribution in [-0.4, -0.2) is 29.9 Å². The molecule has 0 spiro atoms. The van der Waals surface area contributed by atoms with E-state index in [-0.39, 0.29) is 35.5 Å². The predicted molar refractivity (Wildman–Crippen MR) is 138 cm³/mol. The van der Waals surface area contributed by atoms with Gasteiger partial charge in [-0.05, 0) is 36.4 Å². The van der Waals surface area contributed by atoms with Gasteiger partial charge < -0.3 is 26.4 Å². The summed E-state index contributed by atoms with van der Waals surface area (Å²) in [6.07, 6.45) is 11.1. The number of nitrogens with zero attached hydrogens (tertiary/aromatic N) is 1. The van der Waals surface area contributed by atoms with Crippen LogP contribution in [-0.2, 0) is 4.79 Å². The average molecular weight is 512 g/mol. The zero-order chi connectivity index (χ0) is 25.9. The van der Waals surface area contributed by atoms with E-state index in [0.29, 0.717) is 18.5 Å². The van der Waals surface area contributed by atoms with E-state index in [4.69, 9.17) is 22.1 Å². The summed E-state index contributed by atoms with van der Waals surface area (Å²) in [4.78, 5) is 28.7. The van der Waals surface area contributed by atoms with Gasteiger partial charge in [-0.25, -0.2) is 4.39 Å². The molecule has 1 aliphatic carbocycles. The maximum Gasteiger partial charge on any atom is 0.269 e.